The summed E-state index contributed by atoms with van der Waals surface area (Å²) in [6, 6.07) is 20.5. The molecule has 4 fully saturated rings. The van der Waals surface area contributed by atoms with E-state index >= 15 is 4.39 Å². The van der Waals surface area contributed by atoms with Gasteiger partial charge < -0.3 is 44.9 Å². The van der Waals surface area contributed by atoms with Crippen LogP contribution in [0, 0.1) is 18.7 Å². The van der Waals surface area contributed by atoms with Gasteiger partial charge in [-0.15, -0.1) is 5.10 Å². The van der Waals surface area contributed by atoms with Crippen molar-refractivity contribution in [1.82, 2.24) is 60.9 Å². The number of piperazine rings is 1. The number of carbonyl (C=O) groups is 2. The van der Waals surface area contributed by atoms with E-state index in [1.54, 1.807) is 50.8 Å². The number of likely N-dealkylation sites (tertiary alicyclic amines) is 1. The molecule has 4 aromatic carbocycles. The average Bonchev–Trinajstić information content (AvgIpc) is 3.64. The highest BCUT2D eigenvalue weighted by molar-refractivity contribution is 6.06. The number of hydrogen-bond acceptors (Lipinski definition) is 16. The SMILES string of the molecule is CO[C@@H](C)COc1nc(N2C[C@@H]3C[C@H]2CN3)c2cc(C3CC3)c(-c3c(C)c(F)cc4[nH]ncc34)c(OCc3ccc(-c4cn([C@H](C(=O)N5C[C@H](O)C[C@H]5C(=O)N[C@@H](CO)c5ccc(-c6cccnn6)cc5)C(C)C)nn4)cc3)c2n1. The number of aromatic amines is 1. The molecule has 0 spiro atoms. The number of hydrogen-bond donors (Lipinski definition) is 5. The number of methoxy groups -OCH3 is 1. The van der Waals surface area contributed by atoms with Gasteiger partial charge in [0.15, 0.2) is 5.75 Å². The van der Waals surface area contributed by atoms with Crippen LogP contribution in [0.4, 0.5) is 10.2 Å². The fraction of sp³-hybridized carbons (Fsp3) is 0.407. The fourth-order valence-corrected chi connectivity index (χ4v) is 11.7. The molecule has 8 aromatic rings. The molecule has 414 valence electrons. The number of benzene rings is 4. The molecule has 1 saturated carbocycles. The predicted octanol–water partition coefficient (Wildman–Crippen LogP) is 6.77. The molecule has 4 aromatic heterocycles. The number of aliphatic hydroxyl groups is 2. The van der Waals surface area contributed by atoms with Gasteiger partial charge in [-0.25, -0.2) is 9.07 Å². The second-order valence-corrected chi connectivity index (χ2v) is 22.0. The Morgan fingerprint density at radius 1 is 0.925 bits per heavy atom. The Hall–Kier alpha value is -7.98. The van der Waals surface area contributed by atoms with Crippen LogP contribution < -0.4 is 25.0 Å². The van der Waals surface area contributed by atoms with E-state index in [1.165, 1.54) is 15.6 Å². The van der Waals surface area contributed by atoms with Crippen LogP contribution in [0.15, 0.2) is 91.4 Å². The number of ether oxygens (including phenoxy) is 3. The maximum atomic E-state index is 16.1. The minimum Gasteiger partial charge on any atom is -0.486 e. The van der Waals surface area contributed by atoms with Crippen molar-refractivity contribution in [3.63, 3.8) is 0 Å². The van der Waals surface area contributed by atoms with E-state index in [1.807, 2.05) is 63.2 Å². The smallest absolute Gasteiger partial charge is 0.319 e. The molecule has 20 nitrogen and oxygen atoms in total. The Bertz CT molecular complexity index is 3580. The molecule has 12 rings (SSSR count). The Kier molecular flexibility index (Phi) is 14.4. The number of β-amino-alcohol motifs (C(OH)–C–C–N with tert-alkyl or cyclic N) is 1. The van der Waals surface area contributed by atoms with Crippen molar-refractivity contribution in [2.75, 3.05) is 44.9 Å². The number of carbonyl (C=O) groups excluding carboxylic acids is 2. The zero-order valence-electron chi connectivity index (χ0n) is 45.2. The van der Waals surface area contributed by atoms with E-state index in [4.69, 9.17) is 24.2 Å². The molecular weight excluding hydrogens is 1020 g/mol. The van der Waals surface area contributed by atoms with Gasteiger partial charge in [0.2, 0.25) is 11.8 Å². The van der Waals surface area contributed by atoms with Crippen LogP contribution >= 0.6 is 0 Å². The number of nitrogens with zero attached hydrogens (tertiary/aromatic N) is 10. The third kappa shape index (κ3) is 10.2. The summed E-state index contributed by atoms with van der Waals surface area (Å²) < 4.78 is 36.6. The summed E-state index contributed by atoms with van der Waals surface area (Å²) in [5.74, 6) is -0.0443. The monoisotopic (exact) mass is 1090 g/mol. The third-order valence-electron chi connectivity index (χ3n) is 16.2. The van der Waals surface area contributed by atoms with Gasteiger partial charge in [-0.05, 0) is 91.5 Å². The van der Waals surface area contributed by atoms with Crippen molar-refractivity contribution in [2.45, 2.75) is 108 Å². The van der Waals surface area contributed by atoms with Crippen molar-refractivity contribution >= 4 is 39.4 Å². The number of anilines is 1. The van der Waals surface area contributed by atoms with E-state index in [2.05, 4.69) is 52.3 Å². The second kappa shape index (κ2) is 21.9. The van der Waals surface area contributed by atoms with Crippen LogP contribution in [0.3, 0.4) is 0 Å². The third-order valence-corrected chi connectivity index (χ3v) is 16.2. The van der Waals surface area contributed by atoms with E-state index in [0.29, 0.717) is 50.9 Å². The van der Waals surface area contributed by atoms with Crippen molar-refractivity contribution in [2.24, 2.45) is 5.92 Å². The first-order valence-electron chi connectivity index (χ1n) is 27.4. The van der Waals surface area contributed by atoms with Gasteiger partial charge in [0.25, 0.3) is 0 Å². The molecule has 0 radical (unpaired) electrons. The average molecular weight is 1090 g/mol. The molecule has 21 heteroatoms. The lowest BCUT2D eigenvalue weighted by atomic mass is 9.88. The number of aromatic nitrogens is 9. The number of amides is 2. The fourth-order valence-electron chi connectivity index (χ4n) is 11.7. The minimum absolute atomic E-state index is 0.0305. The Labute approximate surface area is 461 Å². The quantitative estimate of drug-likeness (QED) is 0.0561. The molecule has 5 N–H and O–H groups in total. The summed E-state index contributed by atoms with van der Waals surface area (Å²) in [4.78, 5) is 42.6. The number of nitrogens with one attached hydrogen (secondary N) is 3. The van der Waals surface area contributed by atoms with E-state index < -0.39 is 30.1 Å². The van der Waals surface area contributed by atoms with Crippen LogP contribution in [-0.4, -0.2) is 143 Å². The number of aliphatic hydroxyl groups excluding tert-OH is 2. The maximum absolute atomic E-state index is 16.1. The summed E-state index contributed by atoms with van der Waals surface area (Å²) in [6.07, 6.45) is 6.87. The van der Waals surface area contributed by atoms with Gasteiger partial charge in [0.1, 0.15) is 48.1 Å². The summed E-state index contributed by atoms with van der Waals surface area (Å²) in [5.41, 5.74) is 8.36. The molecule has 2 amide bonds. The van der Waals surface area contributed by atoms with E-state index in [9.17, 15) is 19.8 Å². The van der Waals surface area contributed by atoms with Crippen molar-refractivity contribution < 1.29 is 38.4 Å². The first-order chi connectivity index (χ1) is 38.8. The van der Waals surface area contributed by atoms with Crippen molar-refractivity contribution in [3.8, 4) is 45.4 Å². The van der Waals surface area contributed by atoms with Gasteiger partial charge >= 0.3 is 6.01 Å². The lowest BCUT2D eigenvalue weighted by Gasteiger charge is -2.30. The van der Waals surface area contributed by atoms with Gasteiger partial charge in [0.05, 0.1) is 48.5 Å². The molecule has 4 aliphatic rings. The molecule has 80 heavy (non-hydrogen) atoms. The van der Waals surface area contributed by atoms with Crippen LogP contribution in [0.1, 0.15) is 86.7 Å². The first-order valence-corrected chi connectivity index (χ1v) is 27.4. The summed E-state index contributed by atoms with van der Waals surface area (Å²) in [6.45, 7) is 9.04. The molecular formula is C59H64FN13O7. The summed E-state index contributed by atoms with van der Waals surface area (Å²) in [7, 11) is 1.63. The van der Waals surface area contributed by atoms with Gasteiger partial charge in [-0.2, -0.15) is 25.3 Å². The highest BCUT2D eigenvalue weighted by Gasteiger charge is 2.44. The highest BCUT2D eigenvalue weighted by Crippen LogP contribution is 2.53. The Morgan fingerprint density at radius 3 is 2.41 bits per heavy atom. The van der Waals surface area contributed by atoms with Crippen molar-refractivity contribution in [1.29, 1.82) is 0 Å². The van der Waals surface area contributed by atoms with Crippen molar-refractivity contribution in [3.05, 3.63) is 119 Å². The lowest BCUT2D eigenvalue weighted by Crippen LogP contribution is -2.50. The van der Waals surface area contributed by atoms with Crippen LogP contribution in [-0.2, 0) is 20.9 Å². The predicted molar refractivity (Wildman–Crippen MR) is 296 cm³/mol. The number of fused-ring (bicyclic) bond motifs is 4. The summed E-state index contributed by atoms with van der Waals surface area (Å²) >= 11 is 0. The van der Waals surface area contributed by atoms with E-state index in [0.717, 1.165) is 76.8 Å². The molecule has 0 unspecified atom stereocenters. The molecule has 3 aliphatic heterocycles. The van der Waals surface area contributed by atoms with Crippen LogP contribution in [0.5, 0.6) is 11.8 Å². The van der Waals surface area contributed by atoms with Crippen LogP contribution in [0.2, 0.25) is 0 Å². The normalized spacial score (nSPS) is 20.0. The molecule has 7 heterocycles. The zero-order chi connectivity index (χ0) is 55.3. The Morgan fingerprint density at radius 2 is 1.71 bits per heavy atom. The standard InChI is InChI=1S/C59H64FN13O7/c1-31(2)54(58(77)72-26-41(75)20-50(72)57(76)64-49(28-74)38-16-14-36(15-17-38)46-7-6-18-62-67-46)73-27-48(69-70-73)37-10-8-34(9-11-37)30-79-55-52(51-33(4)45(60)22-47-44(51)24-63-68-47)42(35-12-13-35)21-43-53(55)65-59(80-29-32(3)78-5)66-56(43)71-25-39-19-40(71)23-61-39/h6-11,14-18,21-22,24,27,31-32,35,39-41,49-50,54,61,74-75H,12-13,19-20,23,25-26,28-30H2,1-5H3,(H,63,68)(H,64,76)/t32-,39-,40-,41+,49-,50-,54-/m0/s1. The first kappa shape index (κ1) is 52.7. The molecule has 3 saturated heterocycles. The van der Waals surface area contributed by atoms with Gasteiger partial charge in [-0.3, -0.25) is 14.7 Å². The Balaban J connectivity index is 0.823. The maximum Gasteiger partial charge on any atom is 0.319 e. The molecule has 2 bridgehead atoms. The minimum atomic E-state index is -0.994. The molecule has 1 aliphatic carbocycles. The number of H-pyrrole nitrogens is 1. The second-order valence-electron chi connectivity index (χ2n) is 22.0. The molecule has 7 atom stereocenters. The lowest BCUT2D eigenvalue weighted by molar-refractivity contribution is -0.142. The summed E-state index contributed by atoms with van der Waals surface area (Å²) in [5, 5.41) is 53.8. The zero-order valence-corrected chi connectivity index (χ0v) is 45.2. The number of rotatable bonds is 19. The topological polar surface area (TPSA) is 244 Å². The van der Waals surface area contributed by atoms with Crippen LogP contribution in [0.25, 0.3) is 55.4 Å². The van der Waals surface area contributed by atoms with Gasteiger partial charge in [-0.1, -0.05) is 67.6 Å². The highest BCUT2D eigenvalue weighted by atomic mass is 19.1. The largest absolute Gasteiger partial charge is 0.486 e. The number of halogens is 1. The van der Waals surface area contributed by atoms with E-state index in [-0.39, 0.29) is 74.5 Å². The van der Waals surface area contributed by atoms with Gasteiger partial charge in [0, 0.05) is 84.5 Å².